The number of halogens is 2. The summed E-state index contributed by atoms with van der Waals surface area (Å²) in [4.78, 5) is 23.1. The molecule has 0 fully saturated rings. The molecule has 2 aromatic heterocycles. The second-order valence-electron chi connectivity index (χ2n) is 4.12. The highest BCUT2D eigenvalue weighted by molar-refractivity contribution is 9.10. The Labute approximate surface area is 128 Å². The zero-order valence-corrected chi connectivity index (χ0v) is 12.9. The molecular weight excluding hydrogens is 347 g/mol. The first-order chi connectivity index (χ1) is 9.79. The van der Waals surface area contributed by atoms with Crippen LogP contribution in [0, 0.1) is 15.9 Å². The van der Waals surface area contributed by atoms with E-state index in [1.54, 1.807) is 0 Å². The summed E-state index contributed by atoms with van der Waals surface area (Å²) in [5.41, 5.74) is 0.172. The minimum atomic E-state index is -0.609. The number of Topliss-reactive ketones (excluding diaryl/α,β-unsaturated/α-hetero) is 1. The van der Waals surface area contributed by atoms with E-state index in [4.69, 9.17) is 0 Å². The van der Waals surface area contributed by atoms with E-state index in [1.807, 2.05) is 0 Å². The van der Waals surface area contributed by atoms with Gasteiger partial charge < -0.3 is 14.9 Å². The molecule has 0 aliphatic carbocycles. The van der Waals surface area contributed by atoms with E-state index in [-0.39, 0.29) is 23.8 Å². The second kappa shape index (κ2) is 7.58. The van der Waals surface area contributed by atoms with Crippen LogP contribution in [0.25, 0.3) is 0 Å². The number of carbonyl (C=O) groups excluding carboxylic acids is 1. The average molecular weight is 359 g/mol. The van der Waals surface area contributed by atoms with Crippen molar-refractivity contribution in [1.82, 2.24) is 14.8 Å². The molecule has 0 aromatic carbocycles. The molecule has 0 saturated heterocycles. The summed E-state index contributed by atoms with van der Waals surface area (Å²) in [7, 11) is 0. The number of rotatable bonds is 3. The lowest BCUT2D eigenvalue weighted by atomic mass is 10.3. The van der Waals surface area contributed by atoms with E-state index in [9.17, 15) is 19.3 Å². The fraction of sp³-hybridized carbons (Fsp3) is 0.250. The van der Waals surface area contributed by atoms with E-state index in [1.165, 1.54) is 43.1 Å². The quantitative estimate of drug-likeness (QED) is 0.621. The highest BCUT2D eigenvalue weighted by Crippen LogP contribution is 2.14. The number of hydrogen-bond donors (Lipinski definition) is 0. The van der Waals surface area contributed by atoms with Crippen molar-refractivity contribution in [2.24, 2.45) is 0 Å². The van der Waals surface area contributed by atoms with Gasteiger partial charge in [-0.05, 0) is 40.8 Å². The second-order valence-corrected chi connectivity index (χ2v) is 5.03. The third-order valence-electron chi connectivity index (χ3n) is 2.01. The maximum absolute atomic E-state index is 13.4. The fourth-order valence-corrected chi connectivity index (χ4v) is 1.55. The van der Waals surface area contributed by atoms with Crippen LogP contribution in [0.1, 0.15) is 19.5 Å². The molecule has 0 saturated carbocycles. The minimum absolute atomic E-state index is 0.0486. The molecule has 7 nitrogen and oxygen atoms in total. The SMILES string of the molecule is CC(C)=O.O=[N+]([O-])c1ccn(Cc2ncc(Br)cc2F)n1. The summed E-state index contributed by atoms with van der Waals surface area (Å²) in [5.74, 6) is -0.597. The van der Waals surface area contributed by atoms with E-state index >= 15 is 0 Å². The maximum Gasteiger partial charge on any atom is 0.389 e. The van der Waals surface area contributed by atoms with Gasteiger partial charge in [0.15, 0.2) is 0 Å². The van der Waals surface area contributed by atoms with Gasteiger partial charge in [-0.1, -0.05) is 0 Å². The molecular formula is C12H12BrFN4O3. The van der Waals surface area contributed by atoms with Crippen LogP contribution in [0.2, 0.25) is 0 Å². The maximum atomic E-state index is 13.4. The van der Waals surface area contributed by atoms with Gasteiger partial charge in [0.2, 0.25) is 0 Å². The van der Waals surface area contributed by atoms with Crippen molar-refractivity contribution < 1.29 is 14.1 Å². The topological polar surface area (TPSA) is 90.9 Å². The van der Waals surface area contributed by atoms with E-state index in [2.05, 4.69) is 26.0 Å². The molecule has 0 bridgehead atoms. The summed E-state index contributed by atoms with van der Waals surface area (Å²) in [6, 6.07) is 2.52. The monoisotopic (exact) mass is 358 g/mol. The highest BCUT2D eigenvalue weighted by atomic mass is 79.9. The van der Waals surface area contributed by atoms with Gasteiger partial charge >= 0.3 is 5.82 Å². The smallest absolute Gasteiger partial charge is 0.358 e. The normalized spacial score (nSPS) is 9.71. The molecule has 0 N–H and O–H groups in total. The Morgan fingerprint density at radius 3 is 2.62 bits per heavy atom. The summed E-state index contributed by atoms with van der Waals surface area (Å²) in [5, 5.41) is 14.1. The van der Waals surface area contributed by atoms with Crippen molar-refractivity contribution in [3.63, 3.8) is 0 Å². The molecule has 0 aliphatic rings. The van der Waals surface area contributed by atoms with Crippen molar-refractivity contribution in [2.45, 2.75) is 20.4 Å². The molecule has 0 spiro atoms. The first kappa shape index (κ1) is 16.9. The number of nitrogens with zero attached hydrogens (tertiary/aromatic N) is 4. The van der Waals surface area contributed by atoms with Crippen molar-refractivity contribution in [3.05, 3.63) is 50.6 Å². The Balaban J connectivity index is 0.000000491. The van der Waals surface area contributed by atoms with Crippen LogP contribution in [-0.4, -0.2) is 25.5 Å². The van der Waals surface area contributed by atoms with Gasteiger partial charge in [0.25, 0.3) is 0 Å². The fourth-order valence-electron chi connectivity index (χ4n) is 1.25. The largest absolute Gasteiger partial charge is 0.389 e. The number of pyridine rings is 1. The predicted octanol–water partition coefficient (Wildman–Crippen LogP) is 2.73. The number of aromatic nitrogens is 3. The van der Waals surface area contributed by atoms with Crippen LogP contribution in [0.5, 0.6) is 0 Å². The molecule has 0 radical (unpaired) electrons. The van der Waals surface area contributed by atoms with Crippen LogP contribution in [-0.2, 0) is 11.3 Å². The van der Waals surface area contributed by atoms with Gasteiger partial charge in [-0.25, -0.2) is 4.39 Å². The number of hydrogen-bond acceptors (Lipinski definition) is 5. The average Bonchev–Trinajstić information content (AvgIpc) is 2.81. The molecule has 21 heavy (non-hydrogen) atoms. The Kier molecular flexibility index (Phi) is 6.10. The van der Waals surface area contributed by atoms with Crippen LogP contribution in [0.15, 0.2) is 29.0 Å². The molecule has 9 heteroatoms. The number of ketones is 1. The molecule has 2 heterocycles. The standard InChI is InChI=1S/C9H6BrFN4O2.C3H6O/c10-6-3-7(11)8(12-4-6)5-14-2-1-9(13-14)15(16)17;1-3(2)4/h1-4H,5H2;1-2H3. The molecule has 112 valence electrons. The highest BCUT2D eigenvalue weighted by Gasteiger charge is 2.13. The van der Waals surface area contributed by atoms with Crippen molar-refractivity contribution >= 4 is 27.5 Å². The first-order valence-electron chi connectivity index (χ1n) is 5.74. The van der Waals surface area contributed by atoms with E-state index in [0.717, 1.165) is 0 Å². The Hall–Kier alpha value is -2.16. The minimum Gasteiger partial charge on any atom is -0.358 e. The summed E-state index contributed by atoms with van der Waals surface area (Å²) in [6.07, 6.45) is 2.86. The number of carbonyl (C=O) groups is 1. The Morgan fingerprint density at radius 1 is 1.52 bits per heavy atom. The van der Waals surface area contributed by atoms with Gasteiger partial charge in [-0.15, -0.1) is 0 Å². The van der Waals surface area contributed by atoms with Gasteiger partial charge in [0.05, 0.1) is 23.1 Å². The van der Waals surface area contributed by atoms with Gasteiger partial charge in [0.1, 0.15) is 18.1 Å². The van der Waals surface area contributed by atoms with Gasteiger partial charge in [-0.3, -0.25) is 4.98 Å². The molecule has 0 unspecified atom stereocenters. The first-order valence-corrected chi connectivity index (χ1v) is 6.54. The van der Waals surface area contributed by atoms with Crippen molar-refractivity contribution in [2.75, 3.05) is 0 Å². The summed E-state index contributed by atoms with van der Waals surface area (Å²) >= 11 is 3.09. The van der Waals surface area contributed by atoms with Crippen molar-refractivity contribution in [3.8, 4) is 0 Å². The predicted molar refractivity (Wildman–Crippen MR) is 76.2 cm³/mol. The van der Waals surface area contributed by atoms with Crippen LogP contribution >= 0.6 is 15.9 Å². The Morgan fingerprint density at radius 2 is 2.14 bits per heavy atom. The Bertz CT molecular complexity index is 656. The van der Waals surface area contributed by atoms with Crippen LogP contribution < -0.4 is 0 Å². The van der Waals surface area contributed by atoms with Gasteiger partial charge in [0, 0.05) is 10.7 Å². The molecule has 0 atom stereocenters. The zero-order chi connectivity index (χ0) is 16.0. The molecule has 0 aliphatic heterocycles. The third-order valence-corrected chi connectivity index (χ3v) is 2.44. The number of nitro groups is 1. The lowest BCUT2D eigenvalue weighted by Crippen LogP contribution is -2.05. The lowest BCUT2D eigenvalue weighted by Gasteiger charge is -2.00. The lowest BCUT2D eigenvalue weighted by molar-refractivity contribution is -0.389. The summed E-state index contributed by atoms with van der Waals surface area (Å²) < 4.78 is 15.2. The van der Waals surface area contributed by atoms with Crippen molar-refractivity contribution in [1.29, 1.82) is 0 Å². The van der Waals surface area contributed by atoms with Gasteiger partial charge in [-0.2, -0.15) is 4.68 Å². The molecule has 0 amide bonds. The zero-order valence-electron chi connectivity index (χ0n) is 11.3. The van der Waals surface area contributed by atoms with Crippen LogP contribution in [0.3, 0.4) is 0 Å². The third kappa shape index (κ3) is 5.78. The molecule has 2 aromatic rings. The van der Waals surface area contributed by atoms with Crippen LogP contribution in [0.4, 0.5) is 10.2 Å². The summed E-state index contributed by atoms with van der Waals surface area (Å²) in [6.45, 7) is 3.10. The molecule has 2 rings (SSSR count). The van der Waals surface area contributed by atoms with E-state index < -0.39 is 10.7 Å². The van der Waals surface area contributed by atoms with E-state index in [0.29, 0.717) is 4.47 Å².